The predicted octanol–water partition coefficient (Wildman–Crippen LogP) is 4.68. The van der Waals surface area contributed by atoms with Crippen LogP contribution in [0.5, 0.6) is 17.4 Å². The van der Waals surface area contributed by atoms with Gasteiger partial charge in [0, 0.05) is 78.8 Å². The molecule has 14 heteroatoms. The minimum absolute atomic E-state index is 0.0435. The molecule has 0 aliphatic carbocycles. The molecule has 0 bridgehead atoms. The van der Waals surface area contributed by atoms with Gasteiger partial charge in [0.05, 0.1) is 61.6 Å². The molecule has 1 atom stereocenters. The van der Waals surface area contributed by atoms with Crippen LogP contribution >= 0.6 is 11.6 Å². The van der Waals surface area contributed by atoms with Crippen molar-refractivity contribution in [2.75, 3.05) is 47.6 Å². The zero-order valence-corrected chi connectivity index (χ0v) is 30.7. The van der Waals surface area contributed by atoms with Gasteiger partial charge in [-0.05, 0) is 24.6 Å². The number of hydrogen-bond donors (Lipinski definition) is 4. The second-order valence-corrected chi connectivity index (χ2v) is 14.3. The largest absolute Gasteiger partial charge is 0.496 e. The maximum atomic E-state index is 11.8. The number of fused-ring (bicyclic) bond motifs is 1. The predicted molar refractivity (Wildman–Crippen MR) is 200 cm³/mol. The zero-order valence-electron chi connectivity index (χ0n) is 29.9. The molecule has 53 heavy (non-hydrogen) atoms. The van der Waals surface area contributed by atoms with Crippen LogP contribution in [0.15, 0.2) is 66.9 Å². The van der Waals surface area contributed by atoms with Crippen molar-refractivity contribution in [1.29, 1.82) is 0 Å². The standard InChI is InChI=1S/C39H41ClN6O7/c1-38(22-47,37(49)50)42-16-29-32(51-2)13-24(14-33(29)52-3)46-31-10-6-7-25(28(31)17-43-46)26-8-5-9-27(35(26)40)30-12-11-23(36(44-30)53-4)18-45-20-39(21-45)15-34(48)41-19-39/h5-14,17,42,47H,15-16,18-22H2,1-4H3,(H,41,48)(H,49,50)/t38-/m0/s1. The Balaban J connectivity index is 1.18. The molecular formula is C39H41ClN6O7. The number of aliphatic hydroxyl groups is 1. The summed E-state index contributed by atoms with van der Waals surface area (Å²) in [4.78, 5) is 30.7. The molecule has 2 aromatic heterocycles. The number of aromatic nitrogens is 3. The van der Waals surface area contributed by atoms with E-state index in [0.29, 0.717) is 52.3 Å². The highest BCUT2D eigenvalue weighted by Gasteiger charge is 2.48. The van der Waals surface area contributed by atoms with Crippen LogP contribution in [0.2, 0.25) is 5.02 Å². The Kier molecular flexibility index (Phi) is 9.77. The van der Waals surface area contributed by atoms with Crippen molar-refractivity contribution < 1.29 is 34.0 Å². The normalized spacial score (nSPS) is 16.3. The third-order valence-electron chi connectivity index (χ3n) is 10.3. The van der Waals surface area contributed by atoms with E-state index in [1.54, 1.807) is 30.1 Å². The second-order valence-electron chi connectivity index (χ2n) is 13.9. The third-order valence-corrected chi connectivity index (χ3v) is 10.7. The maximum Gasteiger partial charge on any atom is 0.326 e. The lowest BCUT2D eigenvalue weighted by molar-refractivity contribution is -0.146. The van der Waals surface area contributed by atoms with Crippen molar-refractivity contribution in [1.82, 2.24) is 30.3 Å². The van der Waals surface area contributed by atoms with Crippen molar-refractivity contribution in [3.63, 3.8) is 0 Å². The van der Waals surface area contributed by atoms with Crippen molar-refractivity contribution >= 4 is 34.4 Å². The number of carbonyl (C=O) groups is 2. The van der Waals surface area contributed by atoms with E-state index in [1.807, 2.05) is 48.5 Å². The van der Waals surface area contributed by atoms with E-state index in [-0.39, 0.29) is 17.9 Å². The molecule has 1 spiro atoms. The number of likely N-dealkylation sites (tertiary alicyclic amines) is 1. The third kappa shape index (κ3) is 6.65. The van der Waals surface area contributed by atoms with Crippen LogP contribution < -0.4 is 24.8 Å². The summed E-state index contributed by atoms with van der Waals surface area (Å²) >= 11 is 7.18. The van der Waals surface area contributed by atoms with Crippen LogP contribution in [-0.4, -0.2) is 94.9 Å². The lowest BCUT2D eigenvalue weighted by atomic mass is 9.79. The molecule has 2 aliphatic rings. The number of amides is 1. The monoisotopic (exact) mass is 740 g/mol. The first-order valence-electron chi connectivity index (χ1n) is 17.2. The summed E-state index contributed by atoms with van der Waals surface area (Å²) in [5.74, 6) is 0.395. The zero-order chi connectivity index (χ0) is 37.5. The van der Waals surface area contributed by atoms with Gasteiger partial charge in [-0.1, -0.05) is 48.0 Å². The number of hydrogen-bond acceptors (Lipinski definition) is 10. The quantitative estimate of drug-likeness (QED) is 0.133. The number of rotatable bonds is 13. The van der Waals surface area contributed by atoms with Crippen molar-refractivity contribution in [2.24, 2.45) is 5.41 Å². The first-order chi connectivity index (χ1) is 25.5. The molecule has 2 fully saturated rings. The number of carboxylic acid groups (broad SMARTS) is 1. The van der Waals surface area contributed by atoms with E-state index in [2.05, 4.69) is 15.5 Å². The first kappa shape index (κ1) is 36.2. The summed E-state index contributed by atoms with van der Waals surface area (Å²) < 4.78 is 19.0. The lowest BCUT2D eigenvalue weighted by Crippen LogP contribution is -2.56. The molecule has 7 rings (SSSR count). The van der Waals surface area contributed by atoms with Crippen LogP contribution in [0.25, 0.3) is 39.0 Å². The number of aliphatic hydroxyl groups excluding tert-OH is 1. The Morgan fingerprint density at radius 3 is 2.36 bits per heavy atom. The van der Waals surface area contributed by atoms with Gasteiger partial charge < -0.3 is 29.7 Å². The SMILES string of the molecule is COc1cc(-n2ncc3c(-c4cccc(-c5ccc(CN6CC7(CNC(=O)C7)C6)c(OC)n5)c4Cl)cccc32)cc(OC)c1CN[C@@](C)(CO)C(=O)O. The summed E-state index contributed by atoms with van der Waals surface area (Å²) in [5.41, 5.74) is 4.66. The van der Waals surface area contributed by atoms with E-state index >= 15 is 0 Å². The number of nitrogens with one attached hydrogen (secondary N) is 2. The highest BCUT2D eigenvalue weighted by molar-refractivity contribution is 6.36. The molecule has 0 radical (unpaired) electrons. The molecule has 5 aromatic rings. The summed E-state index contributed by atoms with van der Waals surface area (Å²) in [6.07, 6.45) is 2.37. The maximum absolute atomic E-state index is 11.8. The van der Waals surface area contributed by atoms with E-state index in [4.69, 9.17) is 35.9 Å². The fraction of sp³-hybridized carbons (Fsp3) is 0.333. The Hall–Kier alpha value is -5.21. The Morgan fingerprint density at radius 1 is 1.02 bits per heavy atom. The fourth-order valence-corrected chi connectivity index (χ4v) is 7.65. The number of carboxylic acids is 1. The van der Waals surface area contributed by atoms with Gasteiger partial charge in [0.15, 0.2) is 0 Å². The molecule has 0 saturated carbocycles. The van der Waals surface area contributed by atoms with E-state index in [1.165, 1.54) is 21.1 Å². The van der Waals surface area contributed by atoms with Crippen LogP contribution in [0, 0.1) is 5.41 Å². The van der Waals surface area contributed by atoms with Crippen LogP contribution in [0.1, 0.15) is 24.5 Å². The smallest absolute Gasteiger partial charge is 0.326 e. The number of benzene rings is 3. The number of ether oxygens (including phenoxy) is 3. The van der Waals surface area contributed by atoms with E-state index < -0.39 is 18.1 Å². The number of nitrogens with zero attached hydrogens (tertiary/aromatic N) is 4. The molecule has 276 valence electrons. The molecule has 4 heterocycles. The first-order valence-corrected chi connectivity index (χ1v) is 17.5. The number of pyridine rings is 1. The van der Waals surface area contributed by atoms with Gasteiger partial charge in [-0.15, -0.1) is 0 Å². The van der Waals surface area contributed by atoms with E-state index in [9.17, 15) is 19.8 Å². The molecule has 2 aliphatic heterocycles. The Bertz CT molecular complexity index is 2190. The number of methoxy groups -OCH3 is 3. The average Bonchev–Trinajstić information content (AvgIpc) is 3.77. The van der Waals surface area contributed by atoms with Gasteiger partial charge in [-0.3, -0.25) is 19.8 Å². The summed E-state index contributed by atoms with van der Waals surface area (Å²) in [6.45, 7) is 4.01. The second kappa shape index (κ2) is 14.3. The van der Waals surface area contributed by atoms with Gasteiger partial charge in [-0.2, -0.15) is 5.10 Å². The van der Waals surface area contributed by atoms with Crippen molar-refractivity contribution in [2.45, 2.75) is 32.0 Å². The minimum atomic E-state index is -1.55. The minimum Gasteiger partial charge on any atom is -0.496 e. The Labute approximate surface area is 311 Å². The molecule has 2 saturated heterocycles. The number of carbonyl (C=O) groups excluding carboxylic acids is 1. The highest BCUT2D eigenvalue weighted by Crippen LogP contribution is 2.42. The van der Waals surface area contributed by atoms with Gasteiger partial charge in [0.2, 0.25) is 11.8 Å². The summed E-state index contributed by atoms with van der Waals surface area (Å²) in [7, 11) is 4.66. The summed E-state index contributed by atoms with van der Waals surface area (Å²) in [6, 6.07) is 19.4. The molecule has 3 aromatic carbocycles. The van der Waals surface area contributed by atoms with Crippen LogP contribution in [-0.2, 0) is 22.7 Å². The van der Waals surface area contributed by atoms with Crippen LogP contribution in [0.4, 0.5) is 0 Å². The van der Waals surface area contributed by atoms with Crippen molar-refractivity contribution in [3.05, 3.63) is 83.0 Å². The molecule has 1 amide bonds. The lowest BCUT2D eigenvalue weighted by Gasteiger charge is -2.47. The molecule has 4 N–H and O–H groups in total. The van der Waals surface area contributed by atoms with Gasteiger partial charge in [0.1, 0.15) is 17.0 Å². The van der Waals surface area contributed by atoms with Crippen LogP contribution in [0.3, 0.4) is 0 Å². The number of aliphatic carboxylic acids is 1. The topological polar surface area (TPSA) is 160 Å². The molecule has 13 nitrogen and oxygen atoms in total. The van der Waals surface area contributed by atoms with Crippen molar-refractivity contribution in [3.8, 4) is 45.5 Å². The van der Waals surface area contributed by atoms with Gasteiger partial charge in [-0.25, -0.2) is 9.67 Å². The molecule has 0 unspecified atom stereocenters. The summed E-state index contributed by atoms with van der Waals surface area (Å²) in [5, 5.41) is 31.3. The fourth-order valence-electron chi connectivity index (χ4n) is 7.33. The highest BCUT2D eigenvalue weighted by atomic mass is 35.5. The van der Waals surface area contributed by atoms with Gasteiger partial charge >= 0.3 is 5.97 Å². The van der Waals surface area contributed by atoms with Gasteiger partial charge in [0.25, 0.3) is 0 Å². The number of halogens is 1. The molecular weight excluding hydrogens is 700 g/mol. The Morgan fingerprint density at radius 2 is 1.72 bits per heavy atom. The van der Waals surface area contributed by atoms with E-state index in [0.717, 1.165) is 52.8 Å². The average molecular weight is 741 g/mol.